The summed E-state index contributed by atoms with van der Waals surface area (Å²) in [6.07, 6.45) is 2.09. The quantitative estimate of drug-likeness (QED) is 0.470. The summed E-state index contributed by atoms with van der Waals surface area (Å²) in [5, 5.41) is 22.3. The highest BCUT2D eigenvalue weighted by atomic mass is 19.1. The number of halogens is 1. The molecule has 0 amide bonds. The van der Waals surface area contributed by atoms with E-state index in [1.807, 2.05) is 0 Å². The second-order valence-corrected chi connectivity index (χ2v) is 4.45. The van der Waals surface area contributed by atoms with Crippen LogP contribution < -0.4 is 0 Å². The maximum atomic E-state index is 12.9. The van der Waals surface area contributed by atoms with E-state index in [-0.39, 0.29) is 5.82 Å². The maximum Gasteiger partial charge on any atom is 0.176 e. The van der Waals surface area contributed by atoms with E-state index in [9.17, 15) is 9.60 Å². The number of fused-ring (bicyclic) bond motifs is 1. The van der Waals surface area contributed by atoms with Gasteiger partial charge in [-0.3, -0.25) is 0 Å². The van der Waals surface area contributed by atoms with Gasteiger partial charge in [0.25, 0.3) is 0 Å². The minimum Gasteiger partial charge on any atom is -0.427 e. The van der Waals surface area contributed by atoms with E-state index in [1.165, 1.54) is 12.1 Å². The molecule has 1 aromatic carbocycles. The van der Waals surface area contributed by atoms with Crippen molar-refractivity contribution < 1.29 is 14.8 Å². The molecule has 19 heavy (non-hydrogen) atoms. The number of rotatable bonds is 1. The predicted molar refractivity (Wildman–Crippen MR) is 66.1 cm³/mol. The van der Waals surface area contributed by atoms with Gasteiger partial charge in [0.15, 0.2) is 5.82 Å². The monoisotopic (exact) mass is 261 g/mol. The maximum absolute atomic E-state index is 12.9. The van der Waals surface area contributed by atoms with Crippen molar-refractivity contribution in [2.24, 2.45) is 5.16 Å². The third-order valence-corrected chi connectivity index (χ3v) is 3.27. The molecule has 0 saturated heterocycles. The second-order valence-electron chi connectivity index (χ2n) is 4.45. The first-order valence-electron chi connectivity index (χ1n) is 5.99. The van der Waals surface area contributed by atoms with Gasteiger partial charge in [-0.1, -0.05) is 5.16 Å². The molecule has 2 aromatic rings. The van der Waals surface area contributed by atoms with Crippen molar-refractivity contribution in [1.29, 1.82) is 0 Å². The number of oxime groups is 1. The van der Waals surface area contributed by atoms with Crippen LogP contribution in [0.4, 0.5) is 4.39 Å². The Labute approximate surface area is 108 Å². The molecule has 0 radical (unpaired) electrons. The number of hydrogen-bond donors (Lipinski definition) is 2. The van der Waals surface area contributed by atoms with Crippen molar-refractivity contribution in [3.05, 3.63) is 41.5 Å². The summed E-state index contributed by atoms with van der Waals surface area (Å²) in [6, 6.07) is 5.71. The fourth-order valence-electron chi connectivity index (χ4n) is 2.33. The molecule has 0 atom stereocenters. The molecule has 0 spiro atoms. The lowest BCUT2D eigenvalue weighted by molar-refractivity contribution is 0.181. The molecule has 5 nitrogen and oxygen atoms in total. The minimum absolute atomic E-state index is 0.327. The lowest BCUT2D eigenvalue weighted by Crippen LogP contribution is -2.13. The van der Waals surface area contributed by atoms with Gasteiger partial charge >= 0.3 is 0 Å². The molecule has 0 unspecified atom stereocenters. The van der Waals surface area contributed by atoms with Crippen LogP contribution in [0.1, 0.15) is 24.2 Å². The molecule has 2 N–H and O–H groups in total. The zero-order chi connectivity index (χ0) is 13.4. The van der Waals surface area contributed by atoms with Crippen molar-refractivity contribution in [2.75, 3.05) is 0 Å². The van der Waals surface area contributed by atoms with E-state index < -0.39 is 0 Å². The van der Waals surface area contributed by atoms with E-state index in [1.54, 1.807) is 12.1 Å². The second kappa shape index (κ2) is 4.38. The first-order chi connectivity index (χ1) is 9.20. The Hall–Kier alpha value is -2.37. The number of hydrogen-bond acceptors (Lipinski definition) is 4. The first kappa shape index (κ1) is 11.7. The molecule has 0 saturated carbocycles. The smallest absolute Gasteiger partial charge is 0.176 e. The molecule has 98 valence electrons. The van der Waals surface area contributed by atoms with Gasteiger partial charge in [0.2, 0.25) is 0 Å². The van der Waals surface area contributed by atoms with Crippen molar-refractivity contribution in [1.82, 2.24) is 9.71 Å². The van der Waals surface area contributed by atoms with Gasteiger partial charge in [0.05, 0.1) is 5.69 Å². The number of nitrogens with zero attached hydrogens (tertiary/aromatic N) is 3. The number of aromatic nitrogens is 2. The minimum atomic E-state index is -0.345. The van der Waals surface area contributed by atoms with Crippen LogP contribution in [0.15, 0.2) is 29.4 Å². The van der Waals surface area contributed by atoms with Gasteiger partial charge in [0.1, 0.15) is 17.2 Å². The van der Waals surface area contributed by atoms with E-state index in [0.717, 1.165) is 11.2 Å². The van der Waals surface area contributed by atoms with E-state index >= 15 is 0 Å². The average molecular weight is 261 g/mol. The summed E-state index contributed by atoms with van der Waals surface area (Å²) in [7, 11) is 0. The first-order valence-corrected chi connectivity index (χ1v) is 5.99. The van der Waals surface area contributed by atoms with E-state index in [4.69, 9.17) is 5.21 Å². The molecule has 3 rings (SSSR count). The summed E-state index contributed by atoms with van der Waals surface area (Å²) in [5.74, 6) is -0.0183. The summed E-state index contributed by atoms with van der Waals surface area (Å²) in [6.45, 7) is 0. The SMILES string of the molecule is O/N=C1\CCCc2c1nc(-c1ccc(F)cc1)n2O. The molecular weight excluding hydrogens is 249 g/mol. The van der Waals surface area contributed by atoms with Gasteiger partial charge in [-0.15, -0.1) is 0 Å². The molecule has 0 bridgehead atoms. The Morgan fingerprint density at radius 3 is 2.63 bits per heavy atom. The van der Waals surface area contributed by atoms with Crippen LogP contribution in [0.2, 0.25) is 0 Å². The summed E-state index contributed by atoms with van der Waals surface area (Å²) in [5.41, 5.74) is 2.21. The molecule has 1 aliphatic rings. The highest BCUT2D eigenvalue weighted by Gasteiger charge is 2.25. The zero-order valence-corrected chi connectivity index (χ0v) is 10.0. The van der Waals surface area contributed by atoms with Crippen LogP contribution in [-0.2, 0) is 6.42 Å². The van der Waals surface area contributed by atoms with Crippen molar-refractivity contribution >= 4 is 5.71 Å². The topological polar surface area (TPSA) is 70.6 Å². The van der Waals surface area contributed by atoms with Crippen LogP contribution in [0, 0.1) is 5.82 Å². The standard InChI is InChI=1S/C13H12FN3O2/c14-9-6-4-8(5-7-9)13-15-12-10(16-18)2-1-3-11(12)17(13)19/h4-7,18-19H,1-3H2/b16-10+. The Morgan fingerprint density at radius 2 is 1.95 bits per heavy atom. The Morgan fingerprint density at radius 1 is 1.21 bits per heavy atom. The van der Waals surface area contributed by atoms with Crippen molar-refractivity contribution in [3.63, 3.8) is 0 Å². The largest absolute Gasteiger partial charge is 0.427 e. The predicted octanol–water partition coefficient (Wildman–Crippen LogP) is 2.44. The molecule has 1 heterocycles. The van der Waals surface area contributed by atoms with Crippen LogP contribution in [0.3, 0.4) is 0 Å². The Kier molecular flexibility index (Phi) is 2.70. The van der Waals surface area contributed by atoms with Crippen LogP contribution >= 0.6 is 0 Å². The summed E-state index contributed by atoms with van der Waals surface area (Å²) >= 11 is 0. The highest BCUT2D eigenvalue weighted by Crippen LogP contribution is 2.27. The van der Waals surface area contributed by atoms with Gasteiger partial charge in [-0.05, 0) is 43.5 Å². The van der Waals surface area contributed by atoms with Crippen molar-refractivity contribution in [3.8, 4) is 11.4 Å². The lowest BCUT2D eigenvalue weighted by atomic mass is 9.99. The third kappa shape index (κ3) is 1.85. The number of benzene rings is 1. The fraction of sp³-hybridized carbons (Fsp3) is 0.231. The van der Waals surface area contributed by atoms with Crippen LogP contribution in [0.5, 0.6) is 0 Å². The Bertz CT molecular complexity index is 647. The summed E-state index contributed by atoms with van der Waals surface area (Å²) < 4.78 is 13.9. The average Bonchev–Trinajstić information content (AvgIpc) is 2.77. The van der Waals surface area contributed by atoms with E-state index in [2.05, 4.69) is 10.1 Å². The molecule has 0 aliphatic heterocycles. The van der Waals surface area contributed by atoms with Crippen molar-refractivity contribution in [2.45, 2.75) is 19.3 Å². The molecule has 1 aliphatic carbocycles. The van der Waals surface area contributed by atoms with Gasteiger partial charge in [-0.25, -0.2) is 9.37 Å². The molecular formula is C13H12FN3O2. The van der Waals surface area contributed by atoms with Gasteiger partial charge < -0.3 is 10.4 Å². The number of imidazole rings is 1. The Balaban J connectivity index is 2.14. The summed E-state index contributed by atoms with van der Waals surface area (Å²) in [4.78, 5) is 4.30. The van der Waals surface area contributed by atoms with Gasteiger partial charge in [0, 0.05) is 5.56 Å². The lowest BCUT2D eigenvalue weighted by Gasteiger charge is -2.11. The molecule has 1 aromatic heterocycles. The normalized spacial score (nSPS) is 16.6. The highest BCUT2D eigenvalue weighted by molar-refractivity contribution is 6.00. The van der Waals surface area contributed by atoms with E-state index in [0.29, 0.717) is 41.3 Å². The molecule has 0 fully saturated rings. The molecule has 6 heteroatoms. The zero-order valence-electron chi connectivity index (χ0n) is 10.0. The third-order valence-electron chi connectivity index (χ3n) is 3.27. The van der Waals surface area contributed by atoms with Crippen LogP contribution in [0.25, 0.3) is 11.4 Å². The van der Waals surface area contributed by atoms with Crippen LogP contribution in [-0.4, -0.2) is 25.8 Å². The fourth-order valence-corrected chi connectivity index (χ4v) is 2.33. The van der Waals surface area contributed by atoms with Gasteiger partial charge in [-0.2, -0.15) is 4.73 Å².